The topological polar surface area (TPSA) is 51.2 Å². The predicted molar refractivity (Wildman–Crippen MR) is 78.8 cm³/mol. The molecule has 100 valence electrons. The van der Waals surface area contributed by atoms with E-state index < -0.39 is 0 Å². The van der Waals surface area contributed by atoms with Gasteiger partial charge in [0.25, 0.3) is 0 Å². The van der Waals surface area contributed by atoms with Crippen LogP contribution in [0.2, 0.25) is 0 Å². The third-order valence-electron chi connectivity index (χ3n) is 2.32. The number of benzene rings is 1. The highest BCUT2D eigenvalue weighted by Gasteiger charge is 2.07. The molecule has 0 aliphatic carbocycles. The number of hydrogen-bond donors (Lipinski definition) is 1. The minimum atomic E-state index is -0.149. The number of carbonyl (C=O) groups excluding carboxylic acids is 1. The molecule has 1 aromatic carbocycles. The van der Waals surface area contributed by atoms with Gasteiger partial charge in [0.2, 0.25) is 5.91 Å². The molecule has 0 aliphatic heterocycles. The Morgan fingerprint density at radius 3 is 2.95 bits per heavy atom. The van der Waals surface area contributed by atoms with Crippen molar-refractivity contribution >= 4 is 32.6 Å². The largest absolute Gasteiger partial charge is 0.494 e. The summed E-state index contributed by atoms with van der Waals surface area (Å²) in [6, 6.07) is 5.72. The highest BCUT2D eigenvalue weighted by molar-refractivity contribution is 7.22. The van der Waals surface area contributed by atoms with Gasteiger partial charge < -0.3 is 4.74 Å². The van der Waals surface area contributed by atoms with Gasteiger partial charge in [-0.3, -0.25) is 10.1 Å². The lowest BCUT2D eigenvalue weighted by Gasteiger charge is -2.00. The summed E-state index contributed by atoms with van der Waals surface area (Å²) < 4.78 is 6.44. The molecule has 4 nitrogen and oxygen atoms in total. The first-order valence-corrected chi connectivity index (χ1v) is 6.89. The van der Waals surface area contributed by atoms with E-state index in [1.54, 1.807) is 6.08 Å². The summed E-state index contributed by atoms with van der Waals surface area (Å²) in [5.41, 5.74) is 1.82. The third-order valence-corrected chi connectivity index (χ3v) is 3.25. The minimum absolute atomic E-state index is 0.149. The molecule has 0 saturated heterocycles. The summed E-state index contributed by atoms with van der Waals surface area (Å²) in [6.07, 6.45) is 1.55. The van der Waals surface area contributed by atoms with Crippen molar-refractivity contribution < 1.29 is 9.53 Å². The first kappa shape index (κ1) is 13.5. The second kappa shape index (κ2) is 5.84. The molecule has 1 amide bonds. The fourth-order valence-electron chi connectivity index (χ4n) is 1.62. The van der Waals surface area contributed by atoms with Crippen LogP contribution >= 0.6 is 11.3 Å². The van der Waals surface area contributed by atoms with Crippen LogP contribution in [0, 0.1) is 0 Å². The fourth-order valence-corrected chi connectivity index (χ4v) is 2.52. The van der Waals surface area contributed by atoms with Crippen LogP contribution in [0.5, 0.6) is 5.75 Å². The number of aromatic nitrogens is 1. The Bertz CT molecular complexity index is 627. The first-order chi connectivity index (χ1) is 9.08. The Morgan fingerprint density at radius 1 is 1.47 bits per heavy atom. The molecule has 0 radical (unpaired) electrons. The van der Waals surface area contributed by atoms with Gasteiger partial charge in [-0.25, -0.2) is 4.98 Å². The number of nitrogens with one attached hydrogen (secondary N) is 1. The average Bonchev–Trinajstić information content (AvgIpc) is 2.69. The number of nitrogens with zero attached hydrogens (tertiary/aromatic N) is 1. The Kier molecular flexibility index (Phi) is 4.16. The van der Waals surface area contributed by atoms with Crippen LogP contribution in [0.15, 0.2) is 29.8 Å². The molecule has 2 aromatic rings. The van der Waals surface area contributed by atoms with Crippen LogP contribution < -0.4 is 10.1 Å². The van der Waals surface area contributed by atoms with E-state index in [-0.39, 0.29) is 5.91 Å². The minimum Gasteiger partial charge on any atom is -0.494 e. The molecular weight excluding hydrogens is 260 g/mol. The molecule has 5 heteroatoms. The maximum atomic E-state index is 11.6. The van der Waals surface area contributed by atoms with E-state index in [0.717, 1.165) is 21.5 Å². The van der Waals surface area contributed by atoms with Crippen LogP contribution in [-0.2, 0) is 4.79 Å². The Labute approximate surface area is 116 Å². The summed E-state index contributed by atoms with van der Waals surface area (Å²) >= 11 is 1.44. The normalized spacial score (nSPS) is 10.3. The second-order valence-electron chi connectivity index (χ2n) is 4.29. The van der Waals surface area contributed by atoms with E-state index >= 15 is 0 Å². The van der Waals surface area contributed by atoms with Crippen molar-refractivity contribution in [3.63, 3.8) is 0 Å². The molecule has 1 N–H and O–H groups in total. The third kappa shape index (κ3) is 3.54. The number of rotatable bonds is 4. The number of anilines is 1. The maximum absolute atomic E-state index is 11.6. The van der Waals surface area contributed by atoms with E-state index in [4.69, 9.17) is 4.74 Å². The molecule has 19 heavy (non-hydrogen) atoms. The van der Waals surface area contributed by atoms with Crippen molar-refractivity contribution in [2.75, 3.05) is 11.9 Å². The molecule has 1 aromatic heterocycles. The maximum Gasteiger partial charge on any atom is 0.250 e. The van der Waals surface area contributed by atoms with E-state index in [0.29, 0.717) is 11.7 Å². The number of amides is 1. The van der Waals surface area contributed by atoms with Crippen molar-refractivity contribution in [1.82, 2.24) is 4.98 Å². The van der Waals surface area contributed by atoms with Gasteiger partial charge in [0.15, 0.2) is 5.13 Å². The highest BCUT2D eigenvalue weighted by Crippen LogP contribution is 2.29. The van der Waals surface area contributed by atoms with E-state index in [2.05, 4.69) is 10.3 Å². The molecule has 0 spiro atoms. The lowest BCUT2D eigenvalue weighted by Crippen LogP contribution is -2.07. The van der Waals surface area contributed by atoms with Crippen molar-refractivity contribution in [2.45, 2.75) is 20.8 Å². The summed E-state index contributed by atoms with van der Waals surface area (Å²) in [5.74, 6) is 0.671. The molecule has 1 heterocycles. The van der Waals surface area contributed by atoms with Crippen LogP contribution in [0.3, 0.4) is 0 Å². The molecule has 0 bridgehead atoms. The molecular formula is C14H16N2O2S. The van der Waals surface area contributed by atoms with E-state index in [9.17, 15) is 4.79 Å². The number of hydrogen-bond acceptors (Lipinski definition) is 4. The lowest BCUT2D eigenvalue weighted by atomic mass is 10.3. The fraction of sp³-hybridized carbons (Fsp3) is 0.286. The van der Waals surface area contributed by atoms with E-state index in [1.165, 1.54) is 11.3 Å². The summed E-state index contributed by atoms with van der Waals surface area (Å²) in [5, 5.41) is 3.37. The Morgan fingerprint density at radius 2 is 2.26 bits per heavy atom. The zero-order valence-electron chi connectivity index (χ0n) is 11.2. The number of thiazole rings is 1. The SMILES string of the molecule is CCOc1ccc2nc(NC(=O)C=C(C)C)sc2c1. The van der Waals surface area contributed by atoms with Crippen LogP contribution in [0.1, 0.15) is 20.8 Å². The highest BCUT2D eigenvalue weighted by atomic mass is 32.1. The Balaban J connectivity index is 2.21. The number of carbonyl (C=O) groups is 1. The van der Waals surface area contributed by atoms with Gasteiger partial charge >= 0.3 is 0 Å². The standard InChI is InChI=1S/C14H16N2O2S/c1-4-18-10-5-6-11-12(8-10)19-14(15-11)16-13(17)7-9(2)3/h5-8H,4H2,1-3H3,(H,15,16,17). The molecule has 0 atom stereocenters. The van der Waals surface area contributed by atoms with Crippen LogP contribution in [-0.4, -0.2) is 17.5 Å². The quantitative estimate of drug-likeness (QED) is 0.868. The van der Waals surface area contributed by atoms with Gasteiger partial charge in [-0.15, -0.1) is 0 Å². The van der Waals surface area contributed by atoms with E-state index in [1.807, 2.05) is 39.0 Å². The van der Waals surface area contributed by atoms with Crippen molar-refractivity contribution in [3.05, 3.63) is 29.8 Å². The van der Waals surface area contributed by atoms with Gasteiger partial charge in [0, 0.05) is 6.08 Å². The van der Waals surface area contributed by atoms with Gasteiger partial charge in [0.1, 0.15) is 5.75 Å². The molecule has 0 unspecified atom stereocenters. The first-order valence-electron chi connectivity index (χ1n) is 6.07. The molecule has 2 rings (SSSR count). The smallest absolute Gasteiger partial charge is 0.250 e. The number of fused-ring (bicyclic) bond motifs is 1. The number of ether oxygens (including phenoxy) is 1. The van der Waals surface area contributed by atoms with Gasteiger partial charge in [-0.2, -0.15) is 0 Å². The Hall–Kier alpha value is -1.88. The predicted octanol–water partition coefficient (Wildman–Crippen LogP) is 3.60. The van der Waals surface area contributed by atoms with Crippen molar-refractivity contribution in [1.29, 1.82) is 0 Å². The average molecular weight is 276 g/mol. The summed E-state index contributed by atoms with van der Waals surface area (Å²) in [4.78, 5) is 16.0. The monoisotopic (exact) mass is 276 g/mol. The lowest BCUT2D eigenvalue weighted by molar-refractivity contribution is -0.111. The second-order valence-corrected chi connectivity index (χ2v) is 5.32. The van der Waals surface area contributed by atoms with Crippen molar-refractivity contribution in [3.8, 4) is 5.75 Å². The van der Waals surface area contributed by atoms with Gasteiger partial charge in [0.05, 0.1) is 16.8 Å². The number of allylic oxidation sites excluding steroid dienone is 1. The van der Waals surface area contributed by atoms with Crippen LogP contribution in [0.25, 0.3) is 10.2 Å². The molecule has 0 saturated carbocycles. The van der Waals surface area contributed by atoms with Gasteiger partial charge in [-0.1, -0.05) is 16.9 Å². The zero-order valence-corrected chi connectivity index (χ0v) is 12.0. The van der Waals surface area contributed by atoms with Crippen molar-refractivity contribution in [2.24, 2.45) is 0 Å². The summed E-state index contributed by atoms with van der Waals surface area (Å²) in [6.45, 7) is 6.34. The summed E-state index contributed by atoms with van der Waals surface area (Å²) in [7, 11) is 0. The van der Waals surface area contributed by atoms with Gasteiger partial charge in [-0.05, 0) is 39.0 Å². The molecule has 0 aliphatic rings. The zero-order chi connectivity index (χ0) is 13.8. The molecule has 0 fully saturated rings. The van der Waals surface area contributed by atoms with Crippen LogP contribution in [0.4, 0.5) is 5.13 Å².